The molecule has 0 spiro atoms. The lowest BCUT2D eigenvalue weighted by atomic mass is 9.85. The number of benzene rings is 2. The Labute approximate surface area is 203 Å². The lowest BCUT2D eigenvalue weighted by molar-refractivity contribution is -0.122. The first-order chi connectivity index (χ1) is 17.1. The molecule has 176 valence electrons. The van der Waals surface area contributed by atoms with Crippen molar-refractivity contribution in [2.24, 2.45) is 13.0 Å². The van der Waals surface area contributed by atoms with Crippen molar-refractivity contribution in [3.63, 3.8) is 0 Å². The first-order valence-electron chi connectivity index (χ1n) is 12.2. The molecule has 0 aliphatic heterocycles. The van der Waals surface area contributed by atoms with Crippen molar-refractivity contribution >= 4 is 28.5 Å². The van der Waals surface area contributed by atoms with Crippen molar-refractivity contribution in [3.05, 3.63) is 77.6 Å². The summed E-state index contributed by atoms with van der Waals surface area (Å²) in [7, 11) is 1.93. The average Bonchev–Trinajstić information content (AvgIpc) is 3.39. The molecule has 2 amide bonds. The molecule has 6 rings (SSSR count). The highest BCUT2D eigenvalue weighted by Crippen LogP contribution is 2.34. The maximum Gasteiger partial charge on any atom is 0.251 e. The van der Waals surface area contributed by atoms with Gasteiger partial charge >= 0.3 is 0 Å². The molecule has 2 aromatic carbocycles. The van der Waals surface area contributed by atoms with Crippen molar-refractivity contribution in [2.45, 2.75) is 38.1 Å². The highest BCUT2D eigenvalue weighted by Gasteiger charge is 2.28. The molecule has 1 saturated carbocycles. The zero-order valence-electron chi connectivity index (χ0n) is 19.6. The van der Waals surface area contributed by atoms with E-state index >= 15 is 0 Å². The van der Waals surface area contributed by atoms with Crippen LogP contribution in [0.5, 0.6) is 0 Å². The number of hydrogen-bond donors (Lipinski definition) is 2. The second kappa shape index (κ2) is 8.65. The van der Waals surface area contributed by atoms with E-state index in [1.807, 2.05) is 41.9 Å². The van der Waals surface area contributed by atoms with Gasteiger partial charge in [-0.1, -0.05) is 30.7 Å². The van der Waals surface area contributed by atoms with Crippen LogP contribution in [0.2, 0.25) is 0 Å². The van der Waals surface area contributed by atoms with E-state index in [9.17, 15) is 9.59 Å². The van der Waals surface area contributed by atoms with Crippen LogP contribution in [0.4, 0.5) is 5.69 Å². The van der Waals surface area contributed by atoms with Gasteiger partial charge in [-0.2, -0.15) is 0 Å². The summed E-state index contributed by atoms with van der Waals surface area (Å²) in [5.41, 5.74) is 5.96. The minimum Gasteiger partial charge on any atom is -0.345 e. The van der Waals surface area contributed by atoms with E-state index in [4.69, 9.17) is 4.98 Å². The Morgan fingerprint density at radius 2 is 1.83 bits per heavy atom. The number of amides is 2. The Bertz CT molecular complexity index is 1440. The number of anilines is 1. The van der Waals surface area contributed by atoms with Gasteiger partial charge in [0.2, 0.25) is 5.91 Å². The summed E-state index contributed by atoms with van der Waals surface area (Å²) in [6.07, 6.45) is 8.19. The third-order valence-electron chi connectivity index (χ3n) is 7.34. The first-order valence-corrected chi connectivity index (χ1v) is 12.2. The number of aryl methyl sites for hydroxylation is 2. The molecule has 1 atom stereocenters. The predicted octanol–water partition coefficient (Wildman–Crippen LogP) is 4.79. The molecule has 0 unspecified atom stereocenters. The molecule has 2 heterocycles. The molecule has 2 aliphatic carbocycles. The molecule has 7 nitrogen and oxygen atoms in total. The van der Waals surface area contributed by atoms with E-state index in [-0.39, 0.29) is 23.8 Å². The molecule has 2 N–H and O–H groups in total. The summed E-state index contributed by atoms with van der Waals surface area (Å²) in [4.78, 5) is 35.2. The van der Waals surface area contributed by atoms with E-state index in [0.29, 0.717) is 16.8 Å². The summed E-state index contributed by atoms with van der Waals surface area (Å²) in [6.45, 7) is 0. The van der Waals surface area contributed by atoms with Gasteiger partial charge in [-0.3, -0.25) is 14.6 Å². The summed E-state index contributed by atoms with van der Waals surface area (Å²) in [5.74, 6) is 0.629. The number of fused-ring (bicyclic) bond motifs is 2. The number of carbonyl (C=O) groups excluding carboxylic acids is 2. The number of carbonyl (C=O) groups is 2. The molecule has 0 saturated heterocycles. The van der Waals surface area contributed by atoms with Crippen LogP contribution in [0.25, 0.3) is 22.4 Å². The maximum atomic E-state index is 13.4. The molecule has 1 fully saturated rings. The number of nitrogens with one attached hydrogen (secondary N) is 2. The molecule has 35 heavy (non-hydrogen) atoms. The third-order valence-corrected chi connectivity index (χ3v) is 7.34. The zero-order chi connectivity index (χ0) is 23.9. The monoisotopic (exact) mass is 465 g/mol. The maximum absolute atomic E-state index is 13.4. The summed E-state index contributed by atoms with van der Waals surface area (Å²) in [5, 5.41) is 6.31. The Kier molecular flexibility index (Phi) is 5.32. The standard InChI is InChI=1S/C28H27N5O2/c1-33-25-23(30-26(33)18-11-13-29-14-12-18)15-20(16-24(25)32-27(34)19-6-4-7-19)28(35)31-22-10-9-17-5-2-3-8-21(17)22/h2-3,5,8,11-16,19,22H,4,6-7,9-10H2,1H3,(H,31,35)(H,32,34)/t22-/m0/s1. The second-order valence-corrected chi connectivity index (χ2v) is 9.50. The summed E-state index contributed by atoms with van der Waals surface area (Å²) >= 11 is 0. The number of nitrogens with zero attached hydrogens (tertiary/aromatic N) is 3. The van der Waals surface area contributed by atoms with Gasteiger partial charge in [0, 0.05) is 36.5 Å². The lowest BCUT2D eigenvalue weighted by Gasteiger charge is -2.24. The van der Waals surface area contributed by atoms with E-state index in [1.165, 1.54) is 11.1 Å². The van der Waals surface area contributed by atoms with Crippen molar-refractivity contribution < 1.29 is 9.59 Å². The molecule has 4 aromatic rings. The molecule has 2 aliphatic rings. The fourth-order valence-electron chi connectivity index (χ4n) is 5.19. The average molecular weight is 466 g/mol. The third kappa shape index (κ3) is 3.87. The largest absolute Gasteiger partial charge is 0.345 e. The van der Waals surface area contributed by atoms with Gasteiger partial charge in [-0.15, -0.1) is 0 Å². The van der Waals surface area contributed by atoms with E-state index in [0.717, 1.165) is 49.0 Å². The molecular weight excluding hydrogens is 438 g/mol. The predicted molar refractivity (Wildman–Crippen MR) is 135 cm³/mol. The molecule has 0 radical (unpaired) electrons. The Morgan fingerprint density at radius 3 is 2.60 bits per heavy atom. The van der Waals surface area contributed by atoms with Gasteiger partial charge < -0.3 is 15.2 Å². The Hall–Kier alpha value is -4.00. The number of aromatic nitrogens is 3. The van der Waals surface area contributed by atoms with Gasteiger partial charge in [0.05, 0.1) is 22.8 Å². The first kappa shape index (κ1) is 21.5. The Morgan fingerprint density at radius 1 is 1.03 bits per heavy atom. The van der Waals surface area contributed by atoms with Crippen LogP contribution in [-0.4, -0.2) is 26.3 Å². The molecule has 2 aromatic heterocycles. The second-order valence-electron chi connectivity index (χ2n) is 9.50. The van der Waals surface area contributed by atoms with Crippen molar-refractivity contribution in [1.29, 1.82) is 0 Å². The van der Waals surface area contributed by atoms with Crippen LogP contribution in [0.1, 0.15) is 53.2 Å². The van der Waals surface area contributed by atoms with Crippen LogP contribution >= 0.6 is 0 Å². The van der Waals surface area contributed by atoms with Crippen molar-refractivity contribution in [1.82, 2.24) is 19.9 Å². The van der Waals surface area contributed by atoms with Crippen LogP contribution in [0, 0.1) is 5.92 Å². The van der Waals surface area contributed by atoms with Gasteiger partial charge in [0.1, 0.15) is 5.82 Å². The number of imidazole rings is 1. The fourth-order valence-corrected chi connectivity index (χ4v) is 5.19. The van der Waals surface area contributed by atoms with E-state index < -0.39 is 0 Å². The van der Waals surface area contributed by atoms with E-state index in [1.54, 1.807) is 18.5 Å². The quantitative estimate of drug-likeness (QED) is 0.443. The lowest BCUT2D eigenvalue weighted by Crippen LogP contribution is -2.29. The highest BCUT2D eigenvalue weighted by atomic mass is 16.2. The summed E-state index contributed by atoms with van der Waals surface area (Å²) < 4.78 is 1.97. The Balaban J connectivity index is 1.39. The number of hydrogen-bond acceptors (Lipinski definition) is 4. The molecule has 0 bridgehead atoms. The molecule has 7 heteroatoms. The SMILES string of the molecule is Cn1c(-c2ccncc2)nc2cc(C(=O)N[C@H]3CCc4ccccc43)cc(NC(=O)C3CCC3)c21. The normalized spacial score (nSPS) is 17.1. The highest BCUT2D eigenvalue weighted by molar-refractivity contribution is 6.06. The van der Waals surface area contributed by atoms with Gasteiger partial charge in [-0.05, 0) is 61.1 Å². The minimum atomic E-state index is -0.163. The molecular formula is C28H27N5O2. The van der Waals surface area contributed by atoms with Crippen LogP contribution in [0.15, 0.2) is 60.9 Å². The van der Waals surface area contributed by atoms with Crippen molar-refractivity contribution in [3.8, 4) is 11.4 Å². The fraction of sp³-hybridized carbons (Fsp3) is 0.286. The summed E-state index contributed by atoms with van der Waals surface area (Å²) in [6, 6.07) is 15.6. The smallest absolute Gasteiger partial charge is 0.251 e. The zero-order valence-corrected chi connectivity index (χ0v) is 19.6. The van der Waals surface area contributed by atoms with Gasteiger partial charge in [0.15, 0.2) is 0 Å². The topological polar surface area (TPSA) is 88.9 Å². The number of pyridine rings is 1. The van der Waals surface area contributed by atoms with Crippen LogP contribution in [0.3, 0.4) is 0 Å². The van der Waals surface area contributed by atoms with Crippen molar-refractivity contribution in [2.75, 3.05) is 5.32 Å². The van der Waals surface area contributed by atoms with Gasteiger partial charge in [0.25, 0.3) is 5.91 Å². The number of rotatable bonds is 5. The van der Waals surface area contributed by atoms with E-state index in [2.05, 4.69) is 27.8 Å². The van der Waals surface area contributed by atoms with Crippen LogP contribution in [-0.2, 0) is 18.3 Å². The van der Waals surface area contributed by atoms with Gasteiger partial charge in [-0.25, -0.2) is 4.98 Å². The van der Waals surface area contributed by atoms with Crippen LogP contribution < -0.4 is 10.6 Å². The minimum absolute atomic E-state index is 0.00601.